The molecule has 0 bridgehead atoms. The highest BCUT2D eigenvalue weighted by Gasteiger charge is 2.58. The fourth-order valence-corrected chi connectivity index (χ4v) is 7.03. The van der Waals surface area contributed by atoms with Crippen LogP contribution in [0.5, 0.6) is 5.75 Å². The Bertz CT molecular complexity index is 1370. The molecule has 0 saturated carbocycles. The van der Waals surface area contributed by atoms with Gasteiger partial charge >= 0.3 is 6.09 Å². The average molecular weight is 521 g/mol. The lowest BCUT2D eigenvalue weighted by Gasteiger charge is -2.44. The molecule has 2 unspecified atom stereocenters. The van der Waals surface area contributed by atoms with Gasteiger partial charge in [0.05, 0.1) is 16.9 Å². The van der Waals surface area contributed by atoms with Crippen LogP contribution in [0.1, 0.15) is 48.8 Å². The summed E-state index contributed by atoms with van der Waals surface area (Å²) in [6, 6.07) is 6.49. The van der Waals surface area contributed by atoms with Crippen molar-refractivity contribution in [3.05, 3.63) is 52.3 Å². The minimum Gasteiger partial charge on any atom is -0.493 e. The van der Waals surface area contributed by atoms with E-state index in [0.717, 1.165) is 0 Å². The van der Waals surface area contributed by atoms with E-state index in [4.69, 9.17) is 16.3 Å². The number of amides is 2. The molecule has 3 N–H and O–H groups in total. The van der Waals surface area contributed by atoms with Gasteiger partial charge in [0.2, 0.25) is 0 Å². The van der Waals surface area contributed by atoms with E-state index in [2.05, 4.69) is 20.6 Å². The van der Waals surface area contributed by atoms with Crippen LogP contribution < -0.4 is 15.4 Å². The number of aliphatic imine (C=N–C) groups is 1. The number of benzene rings is 1. The number of aromatic nitrogens is 1. The van der Waals surface area contributed by atoms with Crippen LogP contribution in [0.15, 0.2) is 35.5 Å². The highest BCUT2D eigenvalue weighted by molar-refractivity contribution is 7.94. The summed E-state index contributed by atoms with van der Waals surface area (Å²) < 4.78 is 31.7. The number of halogens is 1. The molecule has 35 heavy (non-hydrogen) atoms. The number of hydrogen-bond donors (Lipinski definition) is 3. The normalized spacial score (nSPS) is 24.0. The molecule has 2 aliphatic rings. The molecule has 0 saturated heterocycles. The van der Waals surface area contributed by atoms with Crippen molar-refractivity contribution < 1.29 is 27.9 Å². The van der Waals surface area contributed by atoms with E-state index in [1.165, 1.54) is 20.0 Å². The molecule has 2 amide bonds. The van der Waals surface area contributed by atoms with E-state index in [-0.39, 0.29) is 24.6 Å². The van der Waals surface area contributed by atoms with E-state index in [9.17, 15) is 23.1 Å². The maximum atomic E-state index is 13.7. The first-order valence-electron chi connectivity index (χ1n) is 10.8. The van der Waals surface area contributed by atoms with E-state index >= 15 is 0 Å². The molecule has 0 radical (unpaired) electrons. The van der Waals surface area contributed by atoms with Gasteiger partial charge in [-0.15, -0.1) is 0 Å². The molecule has 0 fully saturated rings. The highest BCUT2D eigenvalue weighted by atomic mass is 35.5. The van der Waals surface area contributed by atoms with Gasteiger partial charge in [-0.2, -0.15) is 0 Å². The number of amidine groups is 1. The summed E-state index contributed by atoms with van der Waals surface area (Å²) in [5.74, 6) is -0.237. The van der Waals surface area contributed by atoms with Crippen molar-refractivity contribution in [2.24, 2.45) is 4.99 Å². The number of hydrogen-bond acceptors (Lipinski definition) is 7. The minimum atomic E-state index is -3.92. The summed E-state index contributed by atoms with van der Waals surface area (Å²) in [5, 5.41) is 13.7. The molecule has 12 heteroatoms. The van der Waals surface area contributed by atoms with Gasteiger partial charge in [0.25, 0.3) is 5.91 Å². The third-order valence-electron chi connectivity index (χ3n) is 6.53. The molecule has 3 heterocycles. The van der Waals surface area contributed by atoms with Crippen LogP contribution in [0.4, 0.5) is 10.5 Å². The summed E-state index contributed by atoms with van der Waals surface area (Å²) in [4.78, 5) is 33.0. The number of anilines is 1. The molecule has 4 rings (SSSR count). The third-order valence-corrected chi connectivity index (χ3v) is 9.80. The SMILES string of the molecule is Cc1cc(Cl)cnc1C(=O)Nc1ccc2c(c1)C1(C)N=C(NC(=O)O)C(C)(C)S(=O)(=O)C1CCO2. The Labute approximate surface area is 207 Å². The topological polar surface area (TPSA) is 147 Å². The number of nitrogens with zero attached hydrogens (tertiary/aromatic N) is 2. The fraction of sp³-hybridized carbons (Fsp3) is 0.391. The first-order valence-corrected chi connectivity index (χ1v) is 12.7. The predicted octanol–water partition coefficient (Wildman–Crippen LogP) is 3.54. The second-order valence-corrected chi connectivity index (χ2v) is 12.3. The van der Waals surface area contributed by atoms with E-state index in [1.807, 2.05) is 0 Å². The Kier molecular flexibility index (Phi) is 6.05. The van der Waals surface area contributed by atoms with Gasteiger partial charge in [0.1, 0.15) is 27.6 Å². The van der Waals surface area contributed by atoms with Gasteiger partial charge in [0.15, 0.2) is 9.84 Å². The highest BCUT2D eigenvalue weighted by Crippen LogP contribution is 2.48. The molecule has 1 aromatic heterocycles. The van der Waals surface area contributed by atoms with Crippen molar-refractivity contribution in [2.45, 2.75) is 49.7 Å². The van der Waals surface area contributed by atoms with Crippen molar-refractivity contribution in [3.63, 3.8) is 0 Å². The molecule has 1 aromatic carbocycles. The minimum absolute atomic E-state index is 0.138. The molecule has 0 spiro atoms. The monoisotopic (exact) mass is 520 g/mol. The average Bonchev–Trinajstić information content (AvgIpc) is 2.89. The Balaban J connectivity index is 1.82. The maximum absolute atomic E-state index is 13.7. The number of pyridine rings is 1. The van der Waals surface area contributed by atoms with Crippen molar-refractivity contribution in [1.82, 2.24) is 10.3 Å². The van der Waals surface area contributed by atoms with Gasteiger partial charge in [0, 0.05) is 23.9 Å². The van der Waals surface area contributed by atoms with Gasteiger partial charge in [-0.05, 0) is 57.5 Å². The summed E-state index contributed by atoms with van der Waals surface area (Å²) in [7, 11) is -3.92. The smallest absolute Gasteiger partial charge is 0.410 e. The van der Waals surface area contributed by atoms with E-state index in [0.29, 0.717) is 27.6 Å². The number of ether oxygens (including phenoxy) is 1. The molecular weight excluding hydrogens is 496 g/mol. The number of nitrogens with one attached hydrogen (secondary N) is 2. The first-order chi connectivity index (χ1) is 16.3. The number of carboxylic acid groups (broad SMARTS) is 1. The van der Waals surface area contributed by atoms with Gasteiger partial charge in [-0.3, -0.25) is 15.1 Å². The van der Waals surface area contributed by atoms with Crippen molar-refractivity contribution in [2.75, 3.05) is 11.9 Å². The largest absolute Gasteiger partial charge is 0.493 e. The molecule has 186 valence electrons. The van der Waals surface area contributed by atoms with Crippen LogP contribution in [0.3, 0.4) is 0 Å². The Hall–Kier alpha value is -3.18. The lowest BCUT2D eigenvalue weighted by atomic mass is 9.86. The zero-order valence-corrected chi connectivity index (χ0v) is 21.1. The van der Waals surface area contributed by atoms with Gasteiger partial charge in [-0.1, -0.05) is 11.6 Å². The standard InChI is InChI=1S/C23H25ClN4O6S/c1-12-9-13(24)11-25-18(12)19(29)26-14-5-6-16-15(10-14)23(4)17(7-8-34-16)35(32,33)22(2,3)20(28-23)27-21(30)31/h5-6,9-11,17H,7-8H2,1-4H3,(H,26,29)(H,27,28)(H,30,31). The first kappa shape index (κ1) is 24.9. The molecule has 2 aliphatic heterocycles. The molecule has 2 atom stereocenters. The Morgan fingerprint density at radius 2 is 1.91 bits per heavy atom. The van der Waals surface area contributed by atoms with Gasteiger partial charge in [-0.25, -0.2) is 18.2 Å². The molecular formula is C23H25ClN4O6S. The zero-order valence-electron chi connectivity index (χ0n) is 19.5. The van der Waals surface area contributed by atoms with Gasteiger partial charge < -0.3 is 15.2 Å². The van der Waals surface area contributed by atoms with Crippen LogP contribution >= 0.6 is 11.6 Å². The Morgan fingerprint density at radius 3 is 2.57 bits per heavy atom. The summed E-state index contributed by atoms with van der Waals surface area (Å²) in [6.45, 7) is 6.35. The number of aryl methyl sites for hydroxylation is 1. The summed E-state index contributed by atoms with van der Waals surface area (Å²) >= 11 is 5.93. The van der Waals surface area contributed by atoms with Crippen molar-refractivity contribution in [3.8, 4) is 5.75 Å². The summed E-state index contributed by atoms with van der Waals surface area (Å²) in [5.41, 5.74) is 0.211. The second kappa shape index (κ2) is 8.49. The van der Waals surface area contributed by atoms with Crippen LogP contribution in [0.2, 0.25) is 5.02 Å². The second-order valence-electron chi connectivity index (χ2n) is 9.20. The number of carbonyl (C=O) groups excluding carboxylic acids is 1. The van der Waals surface area contributed by atoms with Crippen LogP contribution in [0, 0.1) is 6.92 Å². The Morgan fingerprint density at radius 1 is 1.20 bits per heavy atom. The van der Waals surface area contributed by atoms with Crippen molar-refractivity contribution in [1.29, 1.82) is 0 Å². The number of sulfone groups is 1. The molecule has 0 aliphatic carbocycles. The number of fused-ring (bicyclic) bond motifs is 3. The quantitative estimate of drug-likeness (QED) is 0.548. The van der Waals surface area contributed by atoms with Crippen LogP contribution in [-0.4, -0.2) is 52.9 Å². The van der Waals surface area contributed by atoms with Crippen LogP contribution in [-0.2, 0) is 15.4 Å². The summed E-state index contributed by atoms with van der Waals surface area (Å²) in [6.07, 6.45) is 0.127. The number of rotatable bonds is 2. The van der Waals surface area contributed by atoms with E-state index < -0.39 is 37.4 Å². The number of carbonyl (C=O) groups is 2. The van der Waals surface area contributed by atoms with E-state index in [1.54, 1.807) is 38.1 Å². The lowest BCUT2D eigenvalue weighted by molar-refractivity contribution is 0.102. The molecule has 2 aromatic rings. The fourth-order valence-electron chi connectivity index (χ4n) is 4.55. The predicted molar refractivity (Wildman–Crippen MR) is 131 cm³/mol. The van der Waals surface area contributed by atoms with Crippen LogP contribution in [0.25, 0.3) is 0 Å². The molecule has 10 nitrogen and oxygen atoms in total. The lowest BCUT2D eigenvalue weighted by Crippen LogP contribution is -2.61. The zero-order chi connectivity index (χ0) is 25.8. The maximum Gasteiger partial charge on any atom is 0.410 e. The third kappa shape index (κ3) is 4.12. The van der Waals surface area contributed by atoms with Crippen molar-refractivity contribution >= 4 is 45.0 Å².